The van der Waals surface area contributed by atoms with Crippen molar-refractivity contribution >= 4 is 28.2 Å². The summed E-state index contributed by atoms with van der Waals surface area (Å²) >= 11 is 1.52. The van der Waals surface area contributed by atoms with E-state index in [4.69, 9.17) is 5.73 Å². The maximum absolute atomic E-state index is 12.3. The number of hydrogen-bond acceptors (Lipinski definition) is 4. The molecule has 1 heterocycles. The number of anilines is 1. The van der Waals surface area contributed by atoms with Crippen molar-refractivity contribution in [3.8, 4) is 0 Å². The van der Waals surface area contributed by atoms with Crippen molar-refractivity contribution in [1.82, 2.24) is 5.32 Å². The number of fused-ring (bicyclic) bond motifs is 1. The van der Waals surface area contributed by atoms with Gasteiger partial charge in [-0.05, 0) is 62.8 Å². The summed E-state index contributed by atoms with van der Waals surface area (Å²) in [6.07, 6.45) is 8.81. The van der Waals surface area contributed by atoms with Gasteiger partial charge in [0.25, 0.3) is 5.91 Å². The molecule has 1 fully saturated rings. The molecule has 0 unspecified atom stereocenters. The number of nitrogens with two attached hydrogens (primary N) is 1. The third-order valence-corrected chi connectivity index (χ3v) is 6.45. The fraction of sp³-hybridized carbons (Fsp3) is 0.667. The van der Waals surface area contributed by atoms with Gasteiger partial charge in [0, 0.05) is 10.9 Å². The minimum atomic E-state index is -0.432. The van der Waals surface area contributed by atoms with Gasteiger partial charge in [0.15, 0.2) is 0 Å². The van der Waals surface area contributed by atoms with Crippen LogP contribution in [0.4, 0.5) is 5.00 Å². The Bertz CT molecular complexity index is 618. The van der Waals surface area contributed by atoms with Gasteiger partial charge < -0.3 is 16.4 Å². The fourth-order valence-corrected chi connectivity index (χ4v) is 5.10. The standard InChI is InChI=1S/C18H27N3O2S/c1-11-6-8-12(9-7-11)20-10-15(22)21-18-16(17(19)23)13-4-2-3-5-14(13)24-18/h11-12,20H,2-10H2,1H3,(H2,19,23)(H,21,22). The van der Waals surface area contributed by atoms with E-state index in [0.29, 0.717) is 23.2 Å². The predicted molar refractivity (Wildman–Crippen MR) is 97.5 cm³/mol. The maximum atomic E-state index is 12.3. The molecule has 0 radical (unpaired) electrons. The van der Waals surface area contributed by atoms with Crippen LogP contribution in [0.2, 0.25) is 0 Å². The van der Waals surface area contributed by atoms with Crippen LogP contribution in [0.3, 0.4) is 0 Å². The normalized spacial score (nSPS) is 23.5. The van der Waals surface area contributed by atoms with Gasteiger partial charge in [-0.1, -0.05) is 6.92 Å². The first-order valence-electron chi connectivity index (χ1n) is 9.02. The molecule has 1 aromatic heterocycles. The van der Waals surface area contributed by atoms with E-state index >= 15 is 0 Å². The summed E-state index contributed by atoms with van der Waals surface area (Å²) < 4.78 is 0. The van der Waals surface area contributed by atoms with Crippen molar-refractivity contribution in [3.63, 3.8) is 0 Å². The van der Waals surface area contributed by atoms with Crippen molar-refractivity contribution in [2.45, 2.75) is 64.3 Å². The SMILES string of the molecule is CC1CCC(NCC(=O)Nc2sc3c(c2C(N)=O)CCCC3)CC1. The summed E-state index contributed by atoms with van der Waals surface area (Å²) in [6.45, 7) is 2.58. The molecule has 2 aliphatic rings. The molecule has 5 nitrogen and oxygen atoms in total. The molecular formula is C18H27N3O2S. The van der Waals surface area contributed by atoms with Crippen LogP contribution in [0, 0.1) is 5.92 Å². The summed E-state index contributed by atoms with van der Waals surface area (Å²) in [5, 5.41) is 6.90. The number of primary amides is 1. The molecule has 24 heavy (non-hydrogen) atoms. The minimum absolute atomic E-state index is 0.0882. The number of aryl methyl sites for hydroxylation is 1. The molecule has 0 bridgehead atoms. The lowest BCUT2D eigenvalue weighted by atomic mass is 9.87. The number of nitrogens with one attached hydrogen (secondary N) is 2. The molecule has 3 rings (SSSR count). The molecule has 2 aliphatic carbocycles. The Hall–Kier alpha value is -1.40. The topological polar surface area (TPSA) is 84.2 Å². The number of amides is 2. The first-order chi connectivity index (χ1) is 11.5. The van der Waals surface area contributed by atoms with Crippen LogP contribution in [-0.2, 0) is 17.6 Å². The Morgan fingerprint density at radius 3 is 2.58 bits per heavy atom. The van der Waals surface area contributed by atoms with Crippen LogP contribution < -0.4 is 16.4 Å². The van der Waals surface area contributed by atoms with E-state index in [1.807, 2.05) is 0 Å². The zero-order valence-corrected chi connectivity index (χ0v) is 15.1. The Morgan fingerprint density at radius 2 is 1.88 bits per heavy atom. The second-order valence-electron chi connectivity index (χ2n) is 7.17. The van der Waals surface area contributed by atoms with E-state index in [1.165, 1.54) is 29.1 Å². The number of thiophene rings is 1. The van der Waals surface area contributed by atoms with E-state index in [2.05, 4.69) is 17.6 Å². The lowest BCUT2D eigenvalue weighted by Crippen LogP contribution is -2.38. The molecule has 0 spiro atoms. The molecule has 1 saturated carbocycles. The average Bonchev–Trinajstić information content (AvgIpc) is 2.92. The largest absolute Gasteiger partial charge is 0.365 e. The summed E-state index contributed by atoms with van der Waals surface area (Å²) in [6, 6.07) is 0.430. The van der Waals surface area contributed by atoms with Crippen LogP contribution >= 0.6 is 11.3 Å². The Labute approximate surface area is 147 Å². The number of hydrogen-bond donors (Lipinski definition) is 3. The lowest BCUT2D eigenvalue weighted by molar-refractivity contribution is -0.115. The van der Waals surface area contributed by atoms with Gasteiger partial charge in [-0.25, -0.2) is 0 Å². The maximum Gasteiger partial charge on any atom is 0.251 e. The molecule has 2 amide bonds. The van der Waals surface area contributed by atoms with Crippen LogP contribution in [-0.4, -0.2) is 24.4 Å². The van der Waals surface area contributed by atoms with Crippen molar-refractivity contribution in [3.05, 3.63) is 16.0 Å². The van der Waals surface area contributed by atoms with Crippen molar-refractivity contribution in [1.29, 1.82) is 0 Å². The average molecular weight is 350 g/mol. The molecule has 1 aromatic rings. The highest BCUT2D eigenvalue weighted by Gasteiger charge is 2.25. The predicted octanol–water partition coefficient (Wildman–Crippen LogP) is 2.83. The second kappa shape index (κ2) is 7.66. The van der Waals surface area contributed by atoms with E-state index in [-0.39, 0.29) is 5.91 Å². The third-order valence-electron chi connectivity index (χ3n) is 5.24. The number of carbonyl (C=O) groups excluding carboxylic acids is 2. The molecule has 6 heteroatoms. The monoisotopic (exact) mass is 349 g/mol. The van der Waals surface area contributed by atoms with Gasteiger partial charge in [0.2, 0.25) is 5.91 Å². The van der Waals surface area contributed by atoms with Crippen LogP contribution in [0.25, 0.3) is 0 Å². The van der Waals surface area contributed by atoms with Gasteiger partial charge in [-0.2, -0.15) is 0 Å². The van der Waals surface area contributed by atoms with Gasteiger partial charge in [-0.15, -0.1) is 11.3 Å². The minimum Gasteiger partial charge on any atom is -0.365 e. The van der Waals surface area contributed by atoms with E-state index in [0.717, 1.165) is 50.0 Å². The molecule has 132 valence electrons. The second-order valence-corrected chi connectivity index (χ2v) is 8.27. The summed E-state index contributed by atoms with van der Waals surface area (Å²) in [4.78, 5) is 25.3. The number of rotatable bonds is 5. The molecule has 0 atom stereocenters. The zero-order valence-electron chi connectivity index (χ0n) is 14.3. The molecule has 4 N–H and O–H groups in total. The lowest BCUT2D eigenvalue weighted by Gasteiger charge is -2.26. The summed E-state index contributed by atoms with van der Waals surface area (Å²) in [5.74, 6) is 0.279. The van der Waals surface area contributed by atoms with Gasteiger partial charge in [0.05, 0.1) is 12.1 Å². The Morgan fingerprint density at radius 1 is 1.17 bits per heavy atom. The fourth-order valence-electron chi connectivity index (χ4n) is 3.79. The summed E-state index contributed by atoms with van der Waals surface area (Å²) in [5.41, 5.74) is 7.16. The molecule has 0 saturated heterocycles. The van der Waals surface area contributed by atoms with Gasteiger partial charge in [0.1, 0.15) is 5.00 Å². The highest BCUT2D eigenvalue weighted by atomic mass is 32.1. The molecule has 0 aliphatic heterocycles. The third kappa shape index (κ3) is 3.98. The van der Waals surface area contributed by atoms with Gasteiger partial charge in [-0.3, -0.25) is 9.59 Å². The van der Waals surface area contributed by atoms with E-state index in [1.54, 1.807) is 0 Å². The first-order valence-corrected chi connectivity index (χ1v) is 9.83. The van der Waals surface area contributed by atoms with Crippen molar-refractivity contribution in [2.24, 2.45) is 11.7 Å². The highest BCUT2D eigenvalue weighted by molar-refractivity contribution is 7.17. The van der Waals surface area contributed by atoms with E-state index < -0.39 is 5.91 Å². The Kier molecular flexibility index (Phi) is 5.56. The molecular weight excluding hydrogens is 322 g/mol. The summed E-state index contributed by atoms with van der Waals surface area (Å²) in [7, 11) is 0. The zero-order chi connectivity index (χ0) is 17.1. The van der Waals surface area contributed by atoms with Gasteiger partial charge >= 0.3 is 0 Å². The highest BCUT2D eigenvalue weighted by Crippen LogP contribution is 2.37. The van der Waals surface area contributed by atoms with Crippen LogP contribution in [0.5, 0.6) is 0 Å². The number of carbonyl (C=O) groups is 2. The van der Waals surface area contributed by atoms with E-state index in [9.17, 15) is 9.59 Å². The van der Waals surface area contributed by atoms with Crippen molar-refractivity contribution in [2.75, 3.05) is 11.9 Å². The quantitative estimate of drug-likeness (QED) is 0.764. The van der Waals surface area contributed by atoms with Crippen LogP contribution in [0.15, 0.2) is 0 Å². The first kappa shape index (κ1) is 17.4. The smallest absolute Gasteiger partial charge is 0.251 e. The van der Waals surface area contributed by atoms with Crippen molar-refractivity contribution < 1.29 is 9.59 Å². The van der Waals surface area contributed by atoms with Crippen LogP contribution in [0.1, 0.15) is 66.2 Å². The Balaban J connectivity index is 1.60. The molecule has 0 aromatic carbocycles.